The number of carbonyl (C=O) groups is 1. The average molecular weight is 483 g/mol. The van der Waals surface area contributed by atoms with Crippen molar-refractivity contribution in [3.8, 4) is 0 Å². The Morgan fingerprint density at radius 3 is 2.54 bits per heavy atom. The number of anilines is 1. The van der Waals surface area contributed by atoms with Crippen molar-refractivity contribution in [2.75, 3.05) is 31.6 Å². The molecule has 8 heteroatoms. The van der Waals surface area contributed by atoms with Crippen LogP contribution in [0.4, 0.5) is 10.5 Å². The fourth-order valence-electron chi connectivity index (χ4n) is 4.65. The zero-order chi connectivity index (χ0) is 24.6. The number of ether oxygens (including phenoxy) is 3. The lowest BCUT2D eigenvalue weighted by molar-refractivity contribution is -0.253. The molecular formula is C27H34N2O6. The highest BCUT2D eigenvalue weighted by molar-refractivity contribution is 5.84. The second-order valence-electron chi connectivity index (χ2n) is 8.96. The van der Waals surface area contributed by atoms with Crippen LogP contribution in [0.5, 0.6) is 0 Å². The molecule has 0 spiro atoms. The molecule has 4 rings (SSSR count). The number of hydrogen-bond donors (Lipinski definition) is 3. The zero-order valence-corrected chi connectivity index (χ0v) is 19.8. The summed E-state index contributed by atoms with van der Waals surface area (Å²) in [6, 6.07) is 15.3. The summed E-state index contributed by atoms with van der Waals surface area (Å²) >= 11 is 0. The minimum Gasteiger partial charge on any atom is -0.445 e. The van der Waals surface area contributed by atoms with E-state index in [1.807, 2.05) is 36.4 Å². The maximum Gasteiger partial charge on any atom is 0.411 e. The fourth-order valence-corrected chi connectivity index (χ4v) is 4.65. The van der Waals surface area contributed by atoms with Gasteiger partial charge < -0.3 is 24.4 Å². The van der Waals surface area contributed by atoms with Gasteiger partial charge in [0.1, 0.15) is 6.61 Å². The van der Waals surface area contributed by atoms with E-state index in [0.29, 0.717) is 12.1 Å². The summed E-state index contributed by atoms with van der Waals surface area (Å²) in [6.45, 7) is 5.50. The molecule has 2 saturated heterocycles. The van der Waals surface area contributed by atoms with Crippen molar-refractivity contribution < 1.29 is 29.2 Å². The van der Waals surface area contributed by atoms with E-state index < -0.39 is 12.4 Å². The SMILES string of the molecule is C=CCOC(=O)Nc1ccc([C@@H]2O[C@H](CN3CCC[C@H]3CO)C[C@H](c3ccc(CO)cc3)O2)cc1. The highest BCUT2D eigenvalue weighted by atomic mass is 16.7. The summed E-state index contributed by atoms with van der Waals surface area (Å²) < 4.78 is 17.7. The summed E-state index contributed by atoms with van der Waals surface area (Å²) in [5.41, 5.74) is 3.33. The summed E-state index contributed by atoms with van der Waals surface area (Å²) in [5.74, 6) is 0. The molecule has 0 aliphatic carbocycles. The van der Waals surface area contributed by atoms with E-state index in [4.69, 9.17) is 14.2 Å². The Bertz CT molecular complexity index is 965. The topological polar surface area (TPSA) is 100 Å². The fraction of sp³-hybridized carbons (Fsp3) is 0.444. The van der Waals surface area contributed by atoms with Crippen LogP contribution in [0.25, 0.3) is 0 Å². The van der Waals surface area contributed by atoms with E-state index in [-0.39, 0.29) is 38.1 Å². The molecule has 2 aliphatic heterocycles. The largest absolute Gasteiger partial charge is 0.445 e. The lowest BCUT2D eigenvalue weighted by atomic mass is 9.99. The van der Waals surface area contributed by atoms with Gasteiger partial charge in [-0.3, -0.25) is 10.2 Å². The van der Waals surface area contributed by atoms with Crippen LogP contribution >= 0.6 is 0 Å². The van der Waals surface area contributed by atoms with Gasteiger partial charge in [-0.2, -0.15) is 0 Å². The molecule has 2 fully saturated rings. The number of likely N-dealkylation sites (tertiary alicyclic amines) is 1. The van der Waals surface area contributed by atoms with Crippen LogP contribution in [0.15, 0.2) is 61.2 Å². The minimum absolute atomic E-state index is 0.000804. The van der Waals surface area contributed by atoms with Crippen LogP contribution < -0.4 is 5.32 Å². The monoisotopic (exact) mass is 482 g/mol. The van der Waals surface area contributed by atoms with E-state index >= 15 is 0 Å². The van der Waals surface area contributed by atoms with Gasteiger partial charge >= 0.3 is 6.09 Å². The molecule has 0 unspecified atom stereocenters. The van der Waals surface area contributed by atoms with E-state index in [1.165, 1.54) is 6.08 Å². The van der Waals surface area contributed by atoms with E-state index in [0.717, 1.165) is 42.6 Å². The molecule has 3 N–H and O–H groups in total. The molecule has 0 bridgehead atoms. The second-order valence-corrected chi connectivity index (χ2v) is 8.96. The van der Waals surface area contributed by atoms with Gasteiger partial charge in [0.25, 0.3) is 0 Å². The van der Waals surface area contributed by atoms with E-state index in [2.05, 4.69) is 16.8 Å². The molecule has 35 heavy (non-hydrogen) atoms. The maximum absolute atomic E-state index is 11.8. The quantitative estimate of drug-likeness (QED) is 0.466. The molecule has 4 atom stereocenters. The Labute approximate surface area is 206 Å². The van der Waals surface area contributed by atoms with Gasteiger partial charge in [-0.1, -0.05) is 49.1 Å². The van der Waals surface area contributed by atoms with Crippen LogP contribution in [0, 0.1) is 0 Å². The molecular weight excluding hydrogens is 448 g/mol. The Morgan fingerprint density at radius 2 is 1.86 bits per heavy atom. The van der Waals surface area contributed by atoms with Crippen molar-refractivity contribution in [1.29, 1.82) is 0 Å². The van der Waals surface area contributed by atoms with Crippen LogP contribution in [-0.2, 0) is 20.8 Å². The summed E-state index contributed by atoms with van der Waals surface area (Å²) in [6.07, 6.45) is 2.91. The molecule has 188 valence electrons. The van der Waals surface area contributed by atoms with Gasteiger partial charge in [-0.05, 0) is 42.6 Å². The Morgan fingerprint density at radius 1 is 1.11 bits per heavy atom. The molecule has 0 saturated carbocycles. The lowest BCUT2D eigenvalue weighted by Gasteiger charge is -2.38. The number of carbonyl (C=O) groups excluding carboxylic acids is 1. The second kappa shape index (κ2) is 12.3. The predicted octanol–water partition coefficient (Wildman–Crippen LogP) is 3.92. The van der Waals surface area contributed by atoms with Crippen LogP contribution in [0.3, 0.4) is 0 Å². The number of nitrogens with one attached hydrogen (secondary N) is 1. The number of aliphatic hydroxyl groups is 2. The third kappa shape index (κ3) is 6.68. The average Bonchev–Trinajstić information content (AvgIpc) is 3.34. The Balaban J connectivity index is 1.49. The van der Waals surface area contributed by atoms with Gasteiger partial charge in [-0.15, -0.1) is 0 Å². The molecule has 2 aromatic rings. The van der Waals surface area contributed by atoms with Gasteiger partial charge in [0.15, 0.2) is 6.29 Å². The minimum atomic E-state index is -0.576. The Kier molecular flexibility index (Phi) is 8.90. The van der Waals surface area contributed by atoms with Gasteiger partial charge in [-0.25, -0.2) is 4.79 Å². The number of hydrogen-bond acceptors (Lipinski definition) is 7. The molecule has 0 aromatic heterocycles. The molecule has 0 radical (unpaired) electrons. The van der Waals surface area contributed by atoms with Crippen LogP contribution in [0.2, 0.25) is 0 Å². The van der Waals surface area contributed by atoms with Crippen molar-refractivity contribution in [3.05, 3.63) is 77.9 Å². The normalized spacial score (nSPS) is 24.7. The third-order valence-corrected chi connectivity index (χ3v) is 6.52. The smallest absolute Gasteiger partial charge is 0.411 e. The molecule has 2 heterocycles. The van der Waals surface area contributed by atoms with Crippen molar-refractivity contribution in [3.63, 3.8) is 0 Å². The number of rotatable bonds is 9. The van der Waals surface area contributed by atoms with Gasteiger partial charge in [0, 0.05) is 30.3 Å². The highest BCUT2D eigenvalue weighted by Crippen LogP contribution is 2.39. The summed E-state index contributed by atoms with van der Waals surface area (Å²) in [7, 11) is 0. The predicted molar refractivity (Wildman–Crippen MR) is 132 cm³/mol. The number of nitrogens with zero attached hydrogens (tertiary/aromatic N) is 1. The zero-order valence-electron chi connectivity index (χ0n) is 19.8. The molecule has 2 aromatic carbocycles. The van der Waals surface area contributed by atoms with Crippen molar-refractivity contribution in [2.24, 2.45) is 0 Å². The van der Waals surface area contributed by atoms with Crippen LogP contribution in [0.1, 0.15) is 48.3 Å². The van der Waals surface area contributed by atoms with Crippen LogP contribution in [-0.4, -0.2) is 59.7 Å². The summed E-state index contributed by atoms with van der Waals surface area (Å²) in [4.78, 5) is 14.1. The van der Waals surface area contributed by atoms with Crippen molar-refractivity contribution in [1.82, 2.24) is 4.90 Å². The number of benzene rings is 2. The van der Waals surface area contributed by atoms with Gasteiger partial charge in [0.2, 0.25) is 0 Å². The van der Waals surface area contributed by atoms with Gasteiger partial charge in [0.05, 0.1) is 25.4 Å². The van der Waals surface area contributed by atoms with Crippen molar-refractivity contribution >= 4 is 11.8 Å². The number of amides is 1. The number of aliphatic hydroxyl groups excluding tert-OH is 2. The van der Waals surface area contributed by atoms with Crippen molar-refractivity contribution in [2.45, 2.75) is 50.4 Å². The molecule has 1 amide bonds. The lowest BCUT2D eigenvalue weighted by Crippen LogP contribution is -2.42. The van der Waals surface area contributed by atoms with E-state index in [1.54, 1.807) is 12.1 Å². The first-order valence-electron chi connectivity index (χ1n) is 12.1. The first-order valence-corrected chi connectivity index (χ1v) is 12.1. The molecule has 2 aliphatic rings. The van der Waals surface area contributed by atoms with E-state index in [9.17, 15) is 15.0 Å². The highest BCUT2D eigenvalue weighted by Gasteiger charge is 2.35. The first kappa shape index (κ1) is 25.3. The maximum atomic E-state index is 11.8. The standard InChI is InChI=1S/C27H34N2O6/c1-2-14-33-27(32)28-22-11-9-21(10-12-22)26-34-24(16-29-13-3-4-23(29)18-31)15-25(35-26)20-7-5-19(17-30)6-8-20/h2,5-12,23-26,30-31H,1,3-4,13-18H2,(H,28,32)/t23-,24-,25+,26+/m0/s1. The Hall–Kier alpha value is -2.75. The third-order valence-electron chi connectivity index (χ3n) is 6.52. The first-order chi connectivity index (χ1) is 17.1. The summed E-state index contributed by atoms with van der Waals surface area (Å²) in [5, 5.41) is 21.8. The molecule has 8 nitrogen and oxygen atoms in total.